The van der Waals surface area contributed by atoms with E-state index in [1.807, 2.05) is 71.9 Å². The molecule has 1 rings (SSSR count). The molecule has 0 amide bonds. The van der Waals surface area contributed by atoms with Gasteiger partial charge in [0, 0.05) is 0 Å². The summed E-state index contributed by atoms with van der Waals surface area (Å²) in [6.45, 7) is 12.0. The second kappa shape index (κ2) is 12.0. The SMILES string of the molecule is CC.CC.CC(C)Oc1ccccc1. The van der Waals surface area contributed by atoms with Crippen LogP contribution in [0.15, 0.2) is 30.3 Å². The van der Waals surface area contributed by atoms with E-state index in [0.29, 0.717) is 0 Å². The minimum atomic E-state index is 0.266. The van der Waals surface area contributed by atoms with Gasteiger partial charge in [-0.25, -0.2) is 0 Å². The first-order valence-electron chi connectivity index (χ1n) is 5.51. The van der Waals surface area contributed by atoms with Crippen LogP contribution in [0.3, 0.4) is 0 Å². The highest BCUT2D eigenvalue weighted by Crippen LogP contribution is 2.09. The molecule has 0 N–H and O–H groups in total. The number of para-hydroxylation sites is 1. The van der Waals surface area contributed by atoms with Gasteiger partial charge in [-0.1, -0.05) is 45.9 Å². The van der Waals surface area contributed by atoms with Crippen LogP contribution in [0.5, 0.6) is 5.75 Å². The van der Waals surface area contributed by atoms with Crippen molar-refractivity contribution in [2.45, 2.75) is 47.6 Å². The van der Waals surface area contributed by atoms with E-state index in [1.165, 1.54) is 0 Å². The zero-order chi connectivity index (χ0) is 11.4. The highest BCUT2D eigenvalue weighted by molar-refractivity contribution is 5.20. The molecule has 14 heavy (non-hydrogen) atoms. The molecule has 0 unspecified atom stereocenters. The van der Waals surface area contributed by atoms with Gasteiger partial charge in [0.05, 0.1) is 6.10 Å². The van der Waals surface area contributed by atoms with Crippen LogP contribution in [-0.2, 0) is 0 Å². The Balaban J connectivity index is 0. The molecule has 0 spiro atoms. The summed E-state index contributed by atoms with van der Waals surface area (Å²) in [5, 5.41) is 0. The lowest BCUT2D eigenvalue weighted by Gasteiger charge is -2.07. The Morgan fingerprint density at radius 1 is 0.857 bits per heavy atom. The highest BCUT2D eigenvalue weighted by Gasteiger charge is 1.92. The average Bonchev–Trinajstić information content (AvgIpc) is 2.24. The standard InChI is InChI=1S/C9H12O.2C2H6/c1-8(2)10-9-6-4-3-5-7-9;2*1-2/h3-8H,1-2H3;2*1-2H3. The van der Waals surface area contributed by atoms with Crippen LogP contribution in [0.25, 0.3) is 0 Å². The molecule has 0 bridgehead atoms. The second-order valence-electron chi connectivity index (χ2n) is 2.48. The fourth-order valence-electron chi connectivity index (χ4n) is 0.771. The Bertz CT molecular complexity index is 180. The summed E-state index contributed by atoms with van der Waals surface area (Å²) in [5.41, 5.74) is 0. The smallest absolute Gasteiger partial charge is 0.119 e. The van der Waals surface area contributed by atoms with Crippen LogP contribution in [-0.4, -0.2) is 6.10 Å². The molecule has 0 aromatic heterocycles. The Hall–Kier alpha value is -0.980. The molecule has 1 nitrogen and oxygen atoms in total. The molecular formula is C13H24O. The second-order valence-corrected chi connectivity index (χ2v) is 2.48. The first-order chi connectivity index (χ1) is 6.79. The van der Waals surface area contributed by atoms with Gasteiger partial charge in [-0.05, 0) is 26.0 Å². The van der Waals surface area contributed by atoms with E-state index < -0.39 is 0 Å². The first-order valence-corrected chi connectivity index (χ1v) is 5.51. The Morgan fingerprint density at radius 3 is 1.64 bits per heavy atom. The molecule has 1 heteroatoms. The monoisotopic (exact) mass is 196 g/mol. The summed E-state index contributed by atoms with van der Waals surface area (Å²) >= 11 is 0. The third-order valence-electron chi connectivity index (χ3n) is 1.11. The lowest BCUT2D eigenvalue weighted by atomic mass is 10.3. The van der Waals surface area contributed by atoms with Gasteiger partial charge in [0.2, 0.25) is 0 Å². The largest absolute Gasteiger partial charge is 0.491 e. The van der Waals surface area contributed by atoms with Crippen LogP contribution >= 0.6 is 0 Å². The van der Waals surface area contributed by atoms with E-state index in [2.05, 4.69) is 0 Å². The minimum Gasteiger partial charge on any atom is -0.491 e. The summed E-state index contributed by atoms with van der Waals surface area (Å²) in [6, 6.07) is 9.84. The molecule has 0 aliphatic heterocycles. The number of hydrogen-bond donors (Lipinski definition) is 0. The van der Waals surface area contributed by atoms with Crippen molar-refractivity contribution in [1.82, 2.24) is 0 Å². The van der Waals surface area contributed by atoms with Gasteiger partial charge in [-0.2, -0.15) is 0 Å². The van der Waals surface area contributed by atoms with Gasteiger partial charge in [-0.15, -0.1) is 0 Å². The predicted octanol–water partition coefficient (Wildman–Crippen LogP) is 4.53. The van der Waals surface area contributed by atoms with E-state index in [9.17, 15) is 0 Å². The first kappa shape index (κ1) is 15.5. The van der Waals surface area contributed by atoms with Crippen molar-refractivity contribution in [3.63, 3.8) is 0 Å². The number of hydrogen-bond acceptors (Lipinski definition) is 1. The molecule has 0 saturated carbocycles. The van der Waals surface area contributed by atoms with Crippen molar-refractivity contribution in [2.24, 2.45) is 0 Å². The van der Waals surface area contributed by atoms with Gasteiger partial charge in [-0.3, -0.25) is 0 Å². The number of benzene rings is 1. The van der Waals surface area contributed by atoms with E-state index in [1.54, 1.807) is 0 Å². The highest BCUT2D eigenvalue weighted by atomic mass is 16.5. The van der Waals surface area contributed by atoms with Crippen LogP contribution < -0.4 is 4.74 Å². The quantitative estimate of drug-likeness (QED) is 0.675. The summed E-state index contributed by atoms with van der Waals surface area (Å²) in [4.78, 5) is 0. The summed E-state index contributed by atoms with van der Waals surface area (Å²) in [6.07, 6.45) is 0.266. The van der Waals surface area contributed by atoms with E-state index in [0.717, 1.165) is 5.75 Å². The third-order valence-corrected chi connectivity index (χ3v) is 1.11. The molecule has 82 valence electrons. The average molecular weight is 196 g/mol. The maximum absolute atomic E-state index is 5.41. The van der Waals surface area contributed by atoms with Crippen LogP contribution in [0, 0.1) is 0 Å². The Labute approximate surface area is 89.1 Å². The van der Waals surface area contributed by atoms with Crippen molar-refractivity contribution >= 4 is 0 Å². The summed E-state index contributed by atoms with van der Waals surface area (Å²) < 4.78 is 5.41. The molecule has 0 saturated heterocycles. The summed E-state index contributed by atoms with van der Waals surface area (Å²) in [7, 11) is 0. The molecule has 0 heterocycles. The summed E-state index contributed by atoms with van der Waals surface area (Å²) in [5.74, 6) is 0.942. The van der Waals surface area contributed by atoms with Crippen molar-refractivity contribution in [3.8, 4) is 5.75 Å². The van der Waals surface area contributed by atoms with E-state index in [-0.39, 0.29) is 6.10 Å². The van der Waals surface area contributed by atoms with Crippen LogP contribution in [0.1, 0.15) is 41.5 Å². The number of ether oxygens (including phenoxy) is 1. The van der Waals surface area contributed by atoms with Crippen molar-refractivity contribution in [2.75, 3.05) is 0 Å². The van der Waals surface area contributed by atoms with Crippen molar-refractivity contribution < 1.29 is 4.74 Å². The lowest BCUT2D eigenvalue weighted by Crippen LogP contribution is -2.04. The predicted molar refractivity (Wildman–Crippen MR) is 64.9 cm³/mol. The topological polar surface area (TPSA) is 9.23 Å². The van der Waals surface area contributed by atoms with Gasteiger partial charge < -0.3 is 4.74 Å². The number of rotatable bonds is 2. The van der Waals surface area contributed by atoms with Crippen LogP contribution in [0.4, 0.5) is 0 Å². The fourth-order valence-corrected chi connectivity index (χ4v) is 0.771. The molecular weight excluding hydrogens is 172 g/mol. The van der Waals surface area contributed by atoms with Gasteiger partial charge in [0.15, 0.2) is 0 Å². The van der Waals surface area contributed by atoms with Crippen LogP contribution in [0.2, 0.25) is 0 Å². The molecule has 1 aromatic carbocycles. The van der Waals surface area contributed by atoms with E-state index in [4.69, 9.17) is 4.74 Å². The zero-order valence-corrected chi connectivity index (χ0v) is 10.4. The molecule has 0 atom stereocenters. The van der Waals surface area contributed by atoms with E-state index >= 15 is 0 Å². The van der Waals surface area contributed by atoms with Gasteiger partial charge in [0.1, 0.15) is 5.75 Å². The normalized spacial score (nSPS) is 7.93. The fraction of sp³-hybridized carbons (Fsp3) is 0.538. The molecule has 0 fully saturated rings. The lowest BCUT2D eigenvalue weighted by molar-refractivity contribution is 0.242. The Kier molecular flexibility index (Phi) is 13.3. The molecule has 0 aliphatic rings. The third kappa shape index (κ3) is 9.11. The van der Waals surface area contributed by atoms with Crippen molar-refractivity contribution in [1.29, 1.82) is 0 Å². The molecule has 1 aromatic rings. The van der Waals surface area contributed by atoms with Gasteiger partial charge >= 0.3 is 0 Å². The Morgan fingerprint density at radius 2 is 1.29 bits per heavy atom. The van der Waals surface area contributed by atoms with Crippen molar-refractivity contribution in [3.05, 3.63) is 30.3 Å². The zero-order valence-electron chi connectivity index (χ0n) is 10.4. The molecule has 0 radical (unpaired) electrons. The maximum Gasteiger partial charge on any atom is 0.119 e. The van der Waals surface area contributed by atoms with Gasteiger partial charge in [0.25, 0.3) is 0 Å². The molecule has 0 aliphatic carbocycles. The minimum absolute atomic E-state index is 0.266. The maximum atomic E-state index is 5.41.